The van der Waals surface area contributed by atoms with Crippen LogP contribution < -0.4 is 10.5 Å². The van der Waals surface area contributed by atoms with Crippen molar-refractivity contribution in [2.75, 3.05) is 6.54 Å². The zero-order valence-electron chi connectivity index (χ0n) is 14.3. The lowest BCUT2D eigenvalue weighted by molar-refractivity contribution is 0.494. The van der Waals surface area contributed by atoms with E-state index >= 15 is 0 Å². The van der Waals surface area contributed by atoms with E-state index in [0.717, 1.165) is 44.6 Å². The molecule has 8 heteroatoms. The number of sulfonamides is 1. The van der Waals surface area contributed by atoms with Gasteiger partial charge in [0.1, 0.15) is 11.5 Å². The minimum absolute atomic E-state index is 0.126. The number of benzene rings is 2. The van der Waals surface area contributed by atoms with Gasteiger partial charge in [-0.25, -0.2) is 13.6 Å². The first kappa shape index (κ1) is 20.3. The van der Waals surface area contributed by atoms with E-state index in [2.05, 4.69) is 37.2 Å². The number of furan rings is 1. The second-order valence-corrected chi connectivity index (χ2v) is 9.34. The number of rotatable bonds is 7. The summed E-state index contributed by atoms with van der Waals surface area (Å²) >= 11 is 6.99. The average Bonchev–Trinajstić information content (AvgIpc) is 3.07. The minimum Gasteiger partial charge on any atom is -0.460 e. The Morgan fingerprint density at radius 3 is 2.41 bits per heavy atom. The molecule has 0 amide bonds. The molecule has 0 bridgehead atoms. The molecule has 0 aliphatic carbocycles. The molecule has 0 spiro atoms. The van der Waals surface area contributed by atoms with Gasteiger partial charge in [0.2, 0.25) is 10.0 Å². The lowest BCUT2D eigenvalue weighted by Gasteiger charge is -2.05. The Hall–Kier alpha value is -1.45. The molecule has 0 saturated heterocycles. The van der Waals surface area contributed by atoms with Crippen LogP contribution in [0.5, 0.6) is 0 Å². The molecule has 0 aliphatic rings. The molecule has 1 aromatic heterocycles. The summed E-state index contributed by atoms with van der Waals surface area (Å²) < 4.78 is 30.4. The quantitative estimate of drug-likeness (QED) is 0.457. The normalized spacial score (nSPS) is 11.7. The van der Waals surface area contributed by atoms with Crippen LogP contribution in [0.3, 0.4) is 0 Å². The molecule has 3 N–H and O–H groups in total. The third-order valence-corrected chi connectivity index (χ3v) is 6.08. The van der Waals surface area contributed by atoms with Gasteiger partial charge in [-0.1, -0.05) is 28.1 Å². The summed E-state index contributed by atoms with van der Waals surface area (Å²) in [4.78, 5) is 0.126. The van der Waals surface area contributed by atoms with E-state index in [9.17, 15) is 8.42 Å². The number of hydrogen-bond donors (Lipinski definition) is 2. The molecule has 5 nitrogen and oxygen atoms in total. The standard InChI is InChI=1S/C19H18Br2N2O3S/c20-14-3-7-17(18(21)11-14)19-8-4-15(26-19)12-23-10-9-13-1-5-16(6-2-13)27(22,24)25/h1-8,11,23H,9-10,12H2,(H2,22,24,25). The highest BCUT2D eigenvalue weighted by atomic mass is 79.9. The van der Waals surface area contributed by atoms with Crippen LogP contribution >= 0.6 is 31.9 Å². The minimum atomic E-state index is -3.64. The van der Waals surface area contributed by atoms with Crippen LogP contribution in [0.4, 0.5) is 0 Å². The maximum absolute atomic E-state index is 11.3. The summed E-state index contributed by atoms with van der Waals surface area (Å²) in [6.45, 7) is 1.36. The molecule has 0 saturated carbocycles. The topological polar surface area (TPSA) is 85.3 Å². The van der Waals surface area contributed by atoms with E-state index in [0.29, 0.717) is 6.54 Å². The second-order valence-electron chi connectivity index (χ2n) is 6.01. The summed E-state index contributed by atoms with van der Waals surface area (Å²) in [5, 5.41) is 8.43. The number of primary sulfonamides is 1. The van der Waals surface area contributed by atoms with Crippen molar-refractivity contribution in [1.29, 1.82) is 0 Å². The first-order valence-electron chi connectivity index (χ1n) is 8.19. The Bertz CT molecular complexity index is 1030. The molecule has 3 rings (SSSR count). The van der Waals surface area contributed by atoms with E-state index in [1.165, 1.54) is 12.1 Å². The molecule has 27 heavy (non-hydrogen) atoms. The monoisotopic (exact) mass is 512 g/mol. The molecule has 3 aromatic rings. The average molecular weight is 514 g/mol. The van der Waals surface area contributed by atoms with Gasteiger partial charge in [0.05, 0.1) is 11.4 Å². The highest BCUT2D eigenvalue weighted by Gasteiger charge is 2.09. The van der Waals surface area contributed by atoms with Crippen LogP contribution in [-0.2, 0) is 23.0 Å². The Labute approximate surface area is 175 Å². The van der Waals surface area contributed by atoms with Crippen LogP contribution in [-0.4, -0.2) is 15.0 Å². The van der Waals surface area contributed by atoms with E-state index in [1.807, 2.05) is 30.3 Å². The number of nitrogens with one attached hydrogen (secondary N) is 1. The predicted molar refractivity (Wildman–Crippen MR) is 113 cm³/mol. The van der Waals surface area contributed by atoms with Crippen LogP contribution in [0, 0.1) is 0 Å². The molecule has 0 radical (unpaired) electrons. The first-order chi connectivity index (χ1) is 12.8. The van der Waals surface area contributed by atoms with Crippen LogP contribution in [0.1, 0.15) is 11.3 Å². The predicted octanol–water partition coefficient (Wildman–Crippen LogP) is 4.45. The van der Waals surface area contributed by atoms with Crippen molar-refractivity contribution in [3.05, 3.63) is 74.9 Å². The Morgan fingerprint density at radius 2 is 1.74 bits per heavy atom. The van der Waals surface area contributed by atoms with Crippen LogP contribution in [0.2, 0.25) is 0 Å². The van der Waals surface area contributed by atoms with Crippen LogP contribution in [0.15, 0.2) is 72.9 Å². The summed E-state index contributed by atoms with van der Waals surface area (Å²) in [5.41, 5.74) is 2.04. The summed E-state index contributed by atoms with van der Waals surface area (Å²) in [6.07, 6.45) is 0.775. The Morgan fingerprint density at radius 1 is 1.00 bits per heavy atom. The van der Waals surface area contributed by atoms with E-state index < -0.39 is 10.0 Å². The molecule has 0 aliphatic heterocycles. The Kier molecular flexibility index (Phi) is 6.54. The van der Waals surface area contributed by atoms with Gasteiger partial charge < -0.3 is 9.73 Å². The number of nitrogens with two attached hydrogens (primary N) is 1. The SMILES string of the molecule is NS(=O)(=O)c1ccc(CCNCc2ccc(-c3ccc(Br)cc3Br)o2)cc1. The van der Waals surface area contributed by atoms with Gasteiger partial charge in [-0.2, -0.15) is 0 Å². The van der Waals surface area contributed by atoms with Crippen LogP contribution in [0.25, 0.3) is 11.3 Å². The molecule has 1 heterocycles. The van der Waals surface area contributed by atoms with E-state index in [4.69, 9.17) is 9.56 Å². The lowest BCUT2D eigenvalue weighted by Crippen LogP contribution is -2.16. The highest BCUT2D eigenvalue weighted by Crippen LogP contribution is 2.31. The van der Waals surface area contributed by atoms with Gasteiger partial charge in [0.25, 0.3) is 0 Å². The summed E-state index contributed by atoms with van der Waals surface area (Å²) in [5.74, 6) is 1.66. The molecule has 2 aromatic carbocycles. The molecule has 0 unspecified atom stereocenters. The fourth-order valence-electron chi connectivity index (χ4n) is 2.60. The van der Waals surface area contributed by atoms with E-state index in [1.54, 1.807) is 12.1 Å². The third-order valence-electron chi connectivity index (χ3n) is 4.00. The molecular weight excluding hydrogens is 496 g/mol. The van der Waals surface area contributed by atoms with Crippen molar-refractivity contribution in [3.8, 4) is 11.3 Å². The molecule has 142 valence electrons. The summed E-state index contributed by atoms with van der Waals surface area (Å²) in [7, 11) is -3.64. The van der Waals surface area contributed by atoms with Gasteiger partial charge in [0, 0.05) is 14.5 Å². The van der Waals surface area contributed by atoms with Crippen molar-refractivity contribution in [3.63, 3.8) is 0 Å². The van der Waals surface area contributed by atoms with Gasteiger partial charge in [-0.3, -0.25) is 0 Å². The number of hydrogen-bond acceptors (Lipinski definition) is 4. The lowest BCUT2D eigenvalue weighted by atomic mass is 10.1. The van der Waals surface area contributed by atoms with Crippen molar-refractivity contribution >= 4 is 41.9 Å². The van der Waals surface area contributed by atoms with Gasteiger partial charge in [-0.15, -0.1) is 0 Å². The zero-order valence-corrected chi connectivity index (χ0v) is 18.3. The summed E-state index contributed by atoms with van der Waals surface area (Å²) in [6, 6.07) is 16.5. The fourth-order valence-corrected chi connectivity index (χ4v) is 4.35. The number of halogens is 2. The molecular formula is C19H18Br2N2O3S. The van der Waals surface area contributed by atoms with Gasteiger partial charge >= 0.3 is 0 Å². The maximum atomic E-state index is 11.3. The van der Waals surface area contributed by atoms with Crippen molar-refractivity contribution in [2.24, 2.45) is 5.14 Å². The van der Waals surface area contributed by atoms with Gasteiger partial charge in [-0.05, 0) is 76.9 Å². The van der Waals surface area contributed by atoms with Crippen molar-refractivity contribution < 1.29 is 12.8 Å². The second kappa shape index (κ2) is 8.70. The highest BCUT2D eigenvalue weighted by molar-refractivity contribution is 9.11. The zero-order chi connectivity index (χ0) is 19.4. The van der Waals surface area contributed by atoms with Crippen molar-refractivity contribution in [2.45, 2.75) is 17.9 Å². The first-order valence-corrected chi connectivity index (χ1v) is 11.3. The largest absolute Gasteiger partial charge is 0.460 e. The van der Waals surface area contributed by atoms with Crippen molar-refractivity contribution in [1.82, 2.24) is 5.32 Å². The van der Waals surface area contributed by atoms with Gasteiger partial charge in [0.15, 0.2) is 0 Å². The Balaban J connectivity index is 1.52. The van der Waals surface area contributed by atoms with E-state index in [-0.39, 0.29) is 4.90 Å². The molecule has 0 fully saturated rings. The fraction of sp³-hybridized carbons (Fsp3) is 0.158. The third kappa shape index (κ3) is 5.52. The smallest absolute Gasteiger partial charge is 0.238 e. The maximum Gasteiger partial charge on any atom is 0.238 e. The molecule has 0 atom stereocenters.